The van der Waals surface area contributed by atoms with Crippen LogP contribution in [-0.4, -0.2) is 35.0 Å². The topological polar surface area (TPSA) is 29.3 Å². The van der Waals surface area contributed by atoms with Crippen LogP contribution in [0, 0.1) is 11.6 Å². The molecule has 2 rings (SSSR count). The van der Waals surface area contributed by atoms with Gasteiger partial charge in [-0.2, -0.15) is 11.8 Å². The minimum Gasteiger partial charge on any atom is -0.329 e. The first-order valence-corrected chi connectivity index (χ1v) is 7.50. The summed E-state index contributed by atoms with van der Waals surface area (Å²) in [4.78, 5) is 2.10. The Balaban J connectivity index is 2.29. The lowest BCUT2D eigenvalue weighted by Gasteiger charge is -2.39. The highest BCUT2D eigenvalue weighted by Crippen LogP contribution is 2.32. The maximum Gasteiger partial charge on any atom is 0.130 e. The third-order valence-electron chi connectivity index (χ3n) is 3.44. The normalized spacial score (nSPS) is 26.4. The standard InChI is InChI=1S/C14H20F2N2S/c1-9-7-18(8-10(2)19-9)13(6-17)14-11(15)4-3-5-12(14)16/h3-5,9-10,13H,6-8,17H2,1-2H3. The lowest BCUT2D eigenvalue weighted by molar-refractivity contribution is 0.191. The predicted octanol–water partition coefficient (Wildman–Crippen LogP) is 2.79. The smallest absolute Gasteiger partial charge is 0.130 e. The summed E-state index contributed by atoms with van der Waals surface area (Å²) in [7, 11) is 0. The van der Waals surface area contributed by atoms with Gasteiger partial charge in [-0.25, -0.2) is 8.78 Å². The van der Waals surface area contributed by atoms with E-state index in [2.05, 4.69) is 18.7 Å². The summed E-state index contributed by atoms with van der Waals surface area (Å²) in [5.41, 5.74) is 5.89. The molecule has 1 aromatic rings. The van der Waals surface area contributed by atoms with Gasteiger partial charge in [0.2, 0.25) is 0 Å². The van der Waals surface area contributed by atoms with Gasteiger partial charge in [0, 0.05) is 35.7 Å². The second-order valence-electron chi connectivity index (χ2n) is 5.10. The largest absolute Gasteiger partial charge is 0.329 e. The lowest BCUT2D eigenvalue weighted by Crippen LogP contribution is -2.45. The Morgan fingerprint density at radius 3 is 2.26 bits per heavy atom. The van der Waals surface area contributed by atoms with Crippen LogP contribution in [0.1, 0.15) is 25.5 Å². The summed E-state index contributed by atoms with van der Waals surface area (Å²) in [5, 5.41) is 0.903. The number of thioether (sulfide) groups is 1. The van der Waals surface area contributed by atoms with Gasteiger partial charge in [0.25, 0.3) is 0 Å². The van der Waals surface area contributed by atoms with E-state index in [1.54, 1.807) is 0 Å². The van der Waals surface area contributed by atoms with Gasteiger partial charge in [0.15, 0.2) is 0 Å². The number of nitrogens with zero attached hydrogens (tertiary/aromatic N) is 1. The van der Waals surface area contributed by atoms with Gasteiger partial charge < -0.3 is 5.73 Å². The van der Waals surface area contributed by atoms with Crippen molar-refractivity contribution in [2.24, 2.45) is 5.73 Å². The molecule has 0 bridgehead atoms. The molecular formula is C14H20F2N2S. The molecule has 0 aromatic heterocycles. The van der Waals surface area contributed by atoms with Crippen molar-refractivity contribution in [2.75, 3.05) is 19.6 Å². The molecule has 0 spiro atoms. The van der Waals surface area contributed by atoms with Crippen LogP contribution in [0.2, 0.25) is 0 Å². The summed E-state index contributed by atoms with van der Waals surface area (Å²) >= 11 is 1.91. The molecule has 0 aliphatic carbocycles. The average Bonchev–Trinajstić information content (AvgIpc) is 2.32. The summed E-state index contributed by atoms with van der Waals surface area (Å²) in [6, 6.07) is 3.60. The highest BCUT2D eigenvalue weighted by atomic mass is 32.2. The molecule has 2 N–H and O–H groups in total. The first-order valence-electron chi connectivity index (χ1n) is 6.56. The number of hydrogen-bond acceptors (Lipinski definition) is 3. The van der Waals surface area contributed by atoms with Crippen LogP contribution in [0.4, 0.5) is 8.78 Å². The third-order valence-corrected chi connectivity index (χ3v) is 4.67. The molecule has 1 aliphatic heterocycles. The van der Waals surface area contributed by atoms with Gasteiger partial charge >= 0.3 is 0 Å². The molecule has 3 unspecified atom stereocenters. The minimum absolute atomic E-state index is 0.108. The molecule has 3 atom stereocenters. The van der Waals surface area contributed by atoms with E-state index < -0.39 is 11.6 Å². The fourth-order valence-corrected chi connectivity index (χ4v) is 4.10. The number of rotatable bonds is 3. The van der Waals surface area contributed by atoms with Crippen LogP contribution in [0.5, 0.6) is 0 Å². The molecule has 1 saturated heterocycles. The molecule has 1 fully saturated rings. The first-order chi connectivity index (χ1) is 9.02. The van der Waals surface area contributed by atoms with Crippen LogP contribution in [0.25, 0.3) is 0 Å². The molecule has 5 heteroatoms. The zero-order valence-electron chi connectivity index (χ0n) is 11.3. The highest BCUT2D eigenvalue weighted by molar-refractivity contribution is 8.00. The summed E-state index contributed by atoms with van der Waals surface area (Å²) < 4.78 is 27.8. The van der Waals surface area contributed by atoms with E-state index in [-0.39, 0.29) is 18.2 Å². The van der Waals surface area contributed by atoms with Crippen molar-refractivity contribution < 1.29 is 8.78 Å². The number of halogens is 2. The Morgan fingerprint density at radius 2 is 1.79 bits per heavy atom. The molecule has 1 heterocycles. The van der Waals surface area contributed by atoms with Gasteiger partial charge in [0.1, 0.15) is 11.6 Å². The predicted molar refractivity (Wildman–Crippen MR) is 76.2 cm³/mol. The van der Waals surface area contributed by atoms with Crippen molar-refractivity contribution in [3.63, 3.8) is 0 Å². The zero-order valence-corrected chi connectivity index (χ0v) is 12.1. The number of hydrogen-bond donors (Lipinski definition) is 1. The zero-order chi connectivity index (χ0) is 14.0. The first kappa shape index (κ1) is 14.8. The lowest BCUT2D eigenvalue weighted by atomic mass is 10.0. The maximum atomic E-state index is 13.9. The quantitative estimate of drug-likeness (QED) is 0.926. The maximum absolute atomic E-state index is 13.9. The molecular weight excluding hydrogens is 266 g/mol. The van der Waals surface area contributed by atoms with Crippen molar-refractivity contribution in [1.29, 1.82) is 0 Å². The SMILES string of the molecule is CC1CN(C(CN)c2c(F)cccc2F)CC(C)S1. The minimum atomic E-state index is -0.506. The van der Waals surface area contributed by atoms with Crippen LogP contribution >= 0.6 is 11.8 Å². The molecule has 1 aliphatic rings. The van der Waals surface area contributed by atoms with E-state index in [0.29, 0.717) is 10.5 Å². The van der Waals surface area contributed by atoms with E-state index in [1.807, 2.05) is 11.8 Å². The van der Waals surface area contributed by atoms with E-state index >= 15 is 0 Å². The van der Waals surface area contributed by atoms with Gasteiger partial charge in [-0.15, -0.1) is 0 Å². The van der Waals surface area contributed by atoms with E-state index in [1.165, 1.54) is 18.2 Å². The Bertz CT molecular complexity index is 411. The van der Waals surface area contributed by atoms with Crippen molar-refractivity contribution in [3.8, 4) is 0 Å². The van der Waals surface area contributed by atoms with Crippen molar-refractivity contribution >= 4 is 11.8 Å². The fraction of sp³-hybridized carbons (Fsp3) is 0.571. The molecule has 0 radical (unpaired) electrons. The van der Waals surface area contributed by atoms with Gasteiger partial charge in [-0.05, 0) is 12.1 Å². The highest BCUT2D eigenvalue weighted by Gasteiger charge is 2.30. The molecule has 2 nitrogen and oxygen atoms in total. The Labute approximate surface area is 117 Å². The molecule has 106 valence electrons. The number of benzene rings is 1. The van der Waals surface area contributed by atoms with Crippen LogP contribution < -0.4 is 5.73 Å². The molecule has 19 heavy (non-hydrogen) atoms. The van der Waals surface area contributed by atoms with E-state index in [9.17, 15) is 8.78 Å². The van der Waals surface area contributed by atoms with Gasteiger partial charge in [-0.3, -0.25) is 4.90 Å². The van der Waals surface area contributed by atoms with Crippen LogP contribution in [0.15, 0.2) is 18.2 Å². The van der Waals surface area contributed by atoms with E-state index in [4.69, 9.17) is 5.73 Å². The summed E-state index contributed by atoms with van der Waals surface area (Å²) in [5.74, 6) is -1.01. The second kappa shape index (κ2) is 6.20. The van der Waals surface area contributed by atoms with Crippen molar-refractivity contribution in [2.45, 2.75) is 30.4 Å². The van der Waals surface area contributed by atoms with Gasteiger partial charge in [-0.1, -0.05) is 19.9 Å². The Kier molecular flexibility index (Phi) is 4.81. The third kappa shape index (κ3) is 3.27. The molecule has 0 amide bonds. The monoisotopic (exact) mass is 286 g/mol. The summed E-state index contributed by atoms with van der Waals surface area (Å²) in [6.07, 6.45) is 0. The Morgan fingerprint density at radius 1 is 1.26 bits per heavy atom. The summed E-state index contributed by atoms with van der Waals surface area (Å²) in [6.45, 7) is 6.12. The van der Waals surface area contributed by atoms with Crippen LogP contribution in [-0.2, 0) is 0 Å². The second-order valence-corrected chi connectivity index (χ2v) is 6.98. The average molecular weight is 286 g/mol. The number of nitrogens with two attached hydrogens (primary N) is 1. The van der Waals surface area contributed by atoms with E-state index in [0.717, 1.165) is 13.1 Å². The van der Waals surface area contributed by atoms with Gasteiger partial charge in [0.05, 0.1) is 6.04 Å². The van der Waals surface area contributed by atoms with Crippen molar-refractivity contribution in [3.05, 3.63) is 35.4 Å². The van der Waals surface area contributed by atoms with Crippen LogP contribution in [0.3, 0.4) is 0 Å². The molecule has 1 aromatic carbocycles. The Hall–Kier alpha value is -0.650. The fourth-order valence-electron chi connectivity index (χ4n) is 2.75. The van der Waals surface area contributed by atoms with Crippen molar-refractivity contribution in [1.82, 2.24) is 4.90 Å². The molecule has 0 saturated carbocycles.